The number of carboxylic acids is 1. The van der Waals surface area contributed by atoms with Crippen LogP contribution in [0, 0.1) is 17.8 Å². The van der Waals surface area contributed by atoms with Crippen LogP contribution in [-0.4, -0.2) is 32.8 Å². The first-order valence-corrected chi connectivity index (χ1v) is 7.53. The molecule has 2 saturated carbocycles. The predicted octanol–water partition coefficient (Wildman–Crippen LogP) is 1.67. The van der Waals surface area contributed by atoms with Gasteiger partial charge in [0, 0.05) is 13.1 Å². The number of amides is 1. The van der Waals surface area contributed by atoms with Gasteiger partial charge in [-0.15, -0.1) is 0 Å². The molecule has 114 valence electrons. The lowest BCUT2D eigenvalue weighted by Gasteiger charge is -2.28. The van der Waals surface area contributed by atoms with Gasteiger partial charge in [-0.3, -0.25) is 9.48 Å². The van der Waals surface area contributed by atoms with Gasteiger partial charge >= 0.3 is 5.97 Å². The Hall–Kier alpha value is -1.85. The molecule has 6 heteroatoms. The number of carbonyl (C=O) groups is 2. The average Bonchev–Trinajstić information content (AvgIpc) is 3.12. The summed E-state index contributed by atoms with van der Waals surface area (Å²) in [7, 11) is 1.59. The van der Waals surface area contributed by atoms with Crippen molar-refractivity contribution in [1.82, 2.24) is 15.1 Å². The maximum Gasteiger partial charge on any atom is 0.339 e. The highest BCUT2D eigenvalue weighted by atomic mass is 16.4. The largest absolute Gasteiger partial charge is 0.478 e. The van der Waals surface area contributed by atoms with E-state index in [1.54, 1.807) is 7.05 Å². The third-order valence-corrected chi connectivity index (χ3v) is 5.18. The Morgan fingerprint density at radius 1 is 1.43 bits per heavy atom. The maximum atomic E-state index is 12.4. The van der Waals surface area contributed by atoms with Crippen molar-refractivity contribution in [3.8, 4) is 0 Å². The molecule has 2 aliphatic carbocycles. The zero-order valence-corrected chi connectivity index (χ0v) is 12.4. The summed E-state index contributed by atoms with van der Waals surface area (Å²) >= 11 is 0. The molecular formula is C15H21N3O3. The summed E-state index contributed by atoms with van der Waals surface area (Å²) in [5, 5.41) is 16.0. The van der Waals surface area contributed by atoms with Crippen molar-refractivity contribution in [3.05, 3.63) is 17.5 Å². The average molecular weight is 291 g/mol. The number of nitrogens with one attached hydrogen (secondary N) is 1. The minimum Gasteiger partial charge on any atom is -0.478 e. The first kappa shape index (κ1) is 14.1. The molecule has 1 amide bonds. The Balaban J connectivity index is 1.72. The summed E-state index contributed by atoms with van der Waals surface area (Å²) in [4.78, 5) is 23.5. The fourth-order valence-corrected chi connectivity index (χ4v) is 4.15. The van der Waals surface area contributed by atoms with Gasteiger partial charge in [0.05, 0.1) is 6.20 Å². The SMILES string of the molecule is C[C@H](NC(=O)c1c(C(=O)O)cnn1C)[C@H]1C[C@@H]2CC[C@@H]1C2. The lowest BCUT2D eigenvalue weighted by atomic mass is 9.84. The summed E-state index contributed by atoms with van der Waals surface area (Å²) in [6.45, 7) is 2.03. The number of rotatable bonds is 4. The number of carbonyl (C=O) groups excluding carboxylic acids is 1. The van der Waals surface area contributed by atoms with Crippen molar-refractivity contribution in [2.24, 2.45) is 24.8 Å². The highest BCUT2D eigenvalue weighted by Crippen LogP contribution is 2.49. The molecule has 21 heavy (non-hydrogen) atoms. The Morgan fingerprint density at radius 2 is 2.19 bits per heavy atom. The number of aromatic nitrogens is 2. The summed E-state index contributed by atoms with van der Waals surface area (Å²) < 4.78 is 1.33. The van der Waals surface area contributed by atoms with Gasteiger partial charge in [0.1, 0.15) is 11.3 Å². The molecule has 0 aliphatic heterocycles. The minimum atomic E-state index is -1.12. The number of nitrogens with zero attached hydrogens (tertiary/aromatic N) is 2. The lowest BCUT2D eigenvalue weighted by molar-refractivity contribution is 0.0689. The van der Waals surface area contributed by atoms with Crippen LogP contribution in [0.5, 0.6) is 0 Å². The number of aryl methyl sites for hydroxylation is 1. The quantitative estimate of drug-likeness (QED) is 0.884. The molecule has 2 aliphatic rings. The molecule has 2 N–H and O–H groups in total. The van der Waals surface area contributed by atoms with E-state index in [2.05, 4.69) is 10.4 Å². The highest BCUT2D eigenvalue weighted by Gasteiger charge is 2.42. The monoisotopic (exact) mass is 291 g/mol. The van der Waals surface area contributed by atoms with E-state index in [-0.39, 0.29) is 23.2 Å². The van der Waals surface area contributed by atoms with Crippen molar-refractivity contribution in [2.45, 2.75) is 38.6 Å². The van der Waals surface area contributed by atoms with E-state index in [1.165, 1.54) is 36.6 Å². The van der Waals surface area contributed by atoms with Crippen LogP contribution >= 0.6 is 0 Å². The predicted molar refractivity (Wildman–Crippen MR) is 76.0 cm³/mol. The summed E-state index contributed by atoms with van der Waals surface area (Å²) in [5.74, 6) is 0.596. The normalized spacial score (nSPS) is 28.6. The molecule has 2 fully saturated rings. The zero-order chi connectivity index (χ0) is 15.1. The first-order valence-electron chi connectivity index (χ1n) is 7.53. The van der Waals surface area contributed by atoms with Crippen molar-refractivity contribution in [1.29, 1.82) is 0 Å². The molecule has 2 bridgehead atoms. The van der Waals surface area contributed by atoms with Crippen LogP contribution in [0.15, 0.2) is 6.20 Å². The molecule has 1 heterocycles. The van der Waals surface area contributed by atoms with Crippen molar-refractivity contribution in [2.75, 3.05) is 0 Å². The highest BCUT2D eigenvalue weighted by molar-refractivity contribution is 6.03. The van der Waals surface area contributed by atoms with E-state index in [1.807, 2.05) is 6.92 Å². The fraction of sp³-hybridized carbons (Fsp3) is 0.667. The van der Waals surface area contributed by atoms with Crippen molar-refractivity contribution >= 4 is 11.9 Å². The summed E-state index contributed by atoms with van der Waals surface area (Å²) in [5.41, 5.74) is 0.0765. The van der Waals surface area contributed by atoms with Crippen molar-refractivity contribution in [3.63, 3.8) is 0 Å². The second-order valence-electron chi connectivity index (χ2n) is 6.44. The van der Waals surface area contributed by atoms with E-state index in [0.29, 0.717) is 5.92 Å². The van der Waals surface area contributed by atoms with Crippen LogP contribution in [-0.2, 0) is 7.05 Å². The Labute approximate surface area is 123 Å². The number of carboxylic acid groups (broad SMARTS) is 1. The van der Waals surface area contributed by atoms with Crippen LogP contribution in [0.3, 0.4) is 0 Å². The number of aromatic carboxylic acids is 1. The van der Waals surface area contributed by atoms with Crippen LogP contribution in [0.25, 0.3) is 0 Å². The van der Waals surface area contributed by atoms with E-state index in [0.717, 1.165) is 11.8 Å². The number of hydrogen-bond acceptors (Lipinski definition) is 3. The van der Waals surface area contributed by atoms with Crippen LogP contribution < -0.4 is 5.32 Å². The molecule has 0 saturated heterocycles. The Kier molecular flexibility index (Phi) is 3.47. The molecule has 6 nitrogen and oxygen atoms in total. The molecule has 0 aromatic carbocycles. The van der Waals surface area contributed by atoms with Gasteiger partial charge in [-0.2, -0.15) is 5.10 Å². The van der Waals surface area contributed by atoms with Gasteiger partial charge in [-0.05, 0) is 43.9 Å². The molecule has 3 rings (SSSR count). The third kappa shape index (κ3) is 2.43. The topological polar surface area (TPSA) is 84.2 Å². The molecule has 0 spiro atoms. The molecule has 0 radical (unpaired) electrons. The van der Waals surface area contributed by atoms with Gasteiger partial charge in [0.25, 0.3) is 5.91 Å². The molecule has 4 atom stereocenters. The summed E-state index contributed by atoms with van der Waals surface area (Å²) in [6, 6.07) is 0.0735. The minimum absolute atomic E-state index is 0.0462. The number of hydrogen-bond donors (Lipinski definition) is 2. The fourth-order valence-electron chi connectivity index (χ4n) is 4.15. The third-order valence-electron chi connectivity index (χ3n) is 5.18. The van der Waals surface area contributed by atoms with Gasteiger partial charge < -0.3 is 10.4 Å². The molecule has 1 aromatic rings. The second-order valence-corrected chi connectivity index (χ2v) is 6.44. The smallest absolute Gasteiger partial charge is 0.339 e. The first-order chi connectivity index (χ1) is 9.97. The standard InChI is InChI=1S/C15H21N3O3/c1-8(11-6-9-3-4-10(11)5-9)17-14(19)13-12(15(20)21)7-16-18(13)2/h7-11H,3-6H2,1-2H3,(H,17,19)(H,20,21)/t8-,9+,10+,11+/m0/s1. The van der Waals surface area contributed by atoms with Gasteiger partial charge in [0.15, 0.2) is 0 Å². The number of fused-ring (bicyclic) bond motifs is 2. The van der Waals surface area contributed by atoms with Gasteiger partial charge in [-0.1, -0.05) is 6.42 Å². The van der Waals surface area contributed by atoms with Gasteiger partial charge in [0.2, 0.25) is 0 Å². The molecular weight excluding hydrogens is 270 g/mol. The van der Waals surface area contributed by atoms with E-state index in [9.17, 15) is 9.59 Å². The van der Waals surface area contributed by atoms with Crippen LogP contribution in [0.1, 0.15) is 53.5 Å². The Bertz CT molecular complexity index is 581. The van der Waals surface area contributed by atoms with Crippen LogP contribution in [0.4, 0.5) is 0 Å². The molecule has 1 aromatic heterocycles. The van der Waals surface area contributed by atoms with E-state index in [4.69, 9.17) is 5.11 Å². The maximum absolute atomic E-state index is 12.4. The van der Waals surface area contributed by atoms with Crippen LogP contribution in [0.2, 0.25) is 0 Å². The van der Waals surface area contributed by atoms with Gasteiger partial charge in [-0.25, -0.2) is 4.79 Å². The Morgan fingerprint density at radius 3 is 2.76 bits per heavy atom. The van der Waals surface area contributed by atoms with Crippen molar-refractivity contribution < 1.29 is 14.7 Å². The molecule has 0 unspecified atom stereocenters. The van der Waals surface area contributed by atoms with E-state index >= 15 is 0 Å². The summed E-state index contributed by atoms with van der Waals surface area (Å²) in [6.07, 6.45) is 6.29. The lowest BCUT2D eigenvalue weighted by Crippen LogP contribution is -2.41. The zero-order valence-electron chi connectivity index (χ0n) is 12.4. The second kappa shape index (κ2) is 5.16. The van der Waals surface area contributed by atoms with E-state index < -0.39 is 5.97 Å².